The van der Waals surface area contributed by atoms with Gasteiger partial charge in [0.1, 0.15) is 6.10 Å². The van der Waals surface area contributed by atoms with E-state index in [4.69, 9.17) is 13.9 Å². The third-order valence-electron chi connectivity index (χ3n) is 5.93. The van der Waals surface area contributed by atoms with E-state index in [1.807, 2.05) is 13.0 Å². The molecule has 9 nitrogen and oxygen atoms in total. The van der Waals surface area contributed by atoms with Crippen molar-refractivity contribution in [1.29, 1.82) is 0 Å². The Labute approximate surface area is 168 Å². The maximum absolute atomic E-state index is 10.6. The zero-order valence-corrected chi connectivity index (χ0v) is 16.5. The van der Waals surface area contributed by atoms with Crippen LogP contribution in [0.15, 0.2) is 28.9 Å². The second-order valence-electron chi connectivity index (χ2n) is 8.03. The van der Waals surface area contributed by atoms with Gasteiger partial charge in [0, 0.05) is 24.2 Å². The third-order valence-corrected chi connectivity index (χ3v) is 5.93. The van der Waals surface area contributed by atoms with Crippen LogP contribution in [0.2, 0.25) is 0 Å². The molecule has 2 aromatic heterocycles. The fraction of sp³-hybridized carbons (Fsp3) is 0.650. The number of aromatic nitrogens is 3. The summed E-state index contributed by atoms with van der Waals surface area (Å²) in [4.78, 5) is 4.02. The fourth-order valence-electron chi connectivity index (χ4n) is 3.83. The Balaban J connectivity index is 1.31. The molecule has 0 aromatic carbocycles. The molecule has 4 rings (SSSR count). The molecule has 0 bridgehead atoms. The summed E-state index contributed by atoms with van der Waals surface area (Å²) in [5.41, 5.74) is 0.710. The summed E-state index contributed by atoms with van der Waals surface area (Å²) < 4.78 is 17.1. The highest BCUT2D eigenvalue weighted by atomic mass is 16.6. The quantitative estimate of drug-likeness (QED) is 0.566. The van der Waals surface area contributed by atoms with Gasteiger partial charge in [0.15, 0.2) is 0 Å². The van der Waals surface area contributed by atoms with Crippen LogP contribution < -0.4 is 0 Å². The topological polar surface area (TPSA) is 134 Å². The highest BCUT2D eigenvalue weighted by molar-refractivity contribution is 5.49. The highest BCUT2D eigenvalue weighted by Gasteiger charge is 2.48. The van der Waals surface area contributed by atoms with E-state index >= 15 is 0 Å². The summed E-state index contributed by atoms with van der Waals surface area (Å²) in [6.07, 6.45) is 0.974. The lowest BCUT2D eigenvalue weighted by Crippen LogP contribution is -2.51. The first-order valence-corrected chi connectivity index (χ1v) is 9.98. The van der Waals surface area contributed by atoms with Crippen molar-refractivity contribution in [3.05, 3.63) is 30.4 Å². The summed E-state index contributed by atoms with van der Waals surface area (Å²) in [5.74, 6) is 0.479. The van der Waals surface area contributed by atoms with Crippen LogP contribution in [0.3, 0.4) is 0 Å². The largest absolute Gasteiger partial charge is 0.421 e. The molecule has 0 radical (unpaired) electrons. The molecule has 3 N–H and O–H groups in total. The molecule has 0 unspecified atom stereocenters. The second kappa shape index (κ2) is 8.45. The number of aliphatic hydroxyl groups is 3. The predicted octanol–water partition coefficient (Wildman–Crippen LogP) is 0.585. The molecule has 2 aromatic rings. The van der Waals surface area contributed by atoms with Crippen molar-refractivity contribution in [2.45, 2.75) is 63.3 Å². The smallest absolute Gasteiger partial charge is 0.249 e. The summed E-state index contributed by atoms with van der Waals surface area (Å²) >= 11 is 0. The van der Waals surface area contributed by atoms with Crippen molar-refractivity contribution >= 4 is 0 Å². The molecule has 2 aliphatic heterocycles. The van der Waals surface area contributed by atoms with E-state index in [1.54, 1.807) is 25.4 Å². The van der Waals surface area contributed by atoms with Crippen LogP contribution in [0.5, 0.6) is 0 Å². The summed E-state index contributed by atoms with van der Waals surface area (Å²) in [6.45, 7) is 3.99. The van der Waals surface area contributed by atoms with Gasteiger partial charge < -0.3 is 29.2 Å². The molecule has 29 heavy (non-hydrogen) atoms. The number of pyridine rings is 1. The number of ether oxygens (including phenoxy) is 2. The van der Waals surface area contributed by atoms with Gasteiger partial charge in [0.25, 0.3) is 0 Å². The lowest BCUT2D eigenvalue weighted by atomic mass is 9.86. The molecule has 4 heterocycles. The van der Waals surface area contributed by atoms with Crippen molar-refractivity contribution < 1.29 is 29.2 Å². The number of hydrogen-bond acceptors (Lipinski definition) is 9. The van der Waals surface area contributed by atoms with Crippen LogP contribution in [0.1, 0.15) is 26.2 Å². The molecular weight excluding hydrogens is 378 g/mol. The predicted molar refractivity (Wildman–Crippen MR) is 101 cm³/mol. The van der Waals surface area contributed by atoms with Gasteiger partial charge in [-0.2, -0.15) is 0 Å². The van der Waals surface area contributed by atoms with E-state index in [9.17, 15) is 15.3 Å². The molecule has 158 valence electrons. The second-order valence-corrected chi connectivity index (χ2v) is 8.03. The number of aliphatic hydroxyl groups excluding tert-OH is 3. The lowest BCUT2D eigenvalue weighted by molar-refractivity contribution is -0.166. The van der Waals surface area contributed by atoms with Crippen LogP contribution in [-0.2, 0) is 15.9 Å². The molecule has 0 spiro atoms. The van der Waals surface area contributed by atoms with Crippen LogP contribution in [-0.4, -0.2) is 73.7 Å². The van der Waals surface area contributed by atoms with Crippen molar-refractivity contribution in [3.8, 4) is 11.5 Å². The Kier molecular flexibility index (Phi) is 5.93. The average Bonchev–Trinajstić information content (AvgIpc) is 3.33. The zero-order valence-electron chi connectivity index (χ0n) is 16.5. The molecular formula is C20H27N3O6. The maximum Gasteiger partial charge on any atom is 0.249 e. The Morgan fingerprint density at radius 3 is 2.72 bits per heavy atom. The normalized spacial score (nSPS) is 34.0. The Morgan fingerprint density at radius 1 is 1.17 bits per heavy atom. The van der Waals surface area contributed by atoms with Crippen molar-refractivity contribution in [3.63, 3.8) is 0 Å². The highest BCUT2D eigenvalue weighted by Crippen LogP contribution is 2.38. The Bertz CT molecular complexity index is 801. The van der Waals surface area contributed by atoms with E-state index < -0.39 is 24.4 Å². The van der Waals surface area contributed by atoms with E-state index in [0.29, 0.717) is 30.4 Å². The van der Waals surface area contributed by atoms with Gasteiger partial charge in [0.05, 0.1) is 49.1 Å². The average molecular weight is 405 g/mol. The maximum atomic E-state index is 10.6. The van der Waals surface area contributed by atoms with Gasteiger partial charge in [-0.1, -0.05) is 6.92 Å². The van der Waals surface area contributed by atoms with Crippen LogP contribution in [0, 0.1) is 11.8 Å². The van der Waals surface area contributed by atoms with Gasteiger partial charge in [-0.05, 0) is 25.5 Å². The molecule has 0 amide bonds. The van der Waals surface area contributed by atoms with E-state index in [-0.39, 0.29) is 30.5 Å². The number of rotatable bonds is 7. The van der Waals surface area contributed by atoms with E-state index in [1.165, 1.54) is 0 Å². The van der Waals surface area contributed by atoms with Gasteiger partial charge in [0.2, 0.25) is 11.8 Å². The summed E-state index contributed by atoms with van der Waals surface area (Å²) in [5, 5.41) is 38.8. The Hall–Kier alpha value is -1.91. The molecule has 0 saturated carbocycles. The van der Waals surface area contributed by atoms with Crippen molar-refractivity contribution in [2.24, 2.45) is 11.8 Å². The number of nitrogens with zero attached hydrogens (tertiary/aromatic N) is 3. The number of hydrogen-bond donors (Lipinski definition) is 3. The first-order valence-electron chi connectivity index (χ1n) is 9.98. The lowest BCUT2D eigenvalue weighted by Gasteiger charge is -2.37. The minimum atomic E-state index is -1.06. The SMILES string of the molecule is C[C@H]([C@@H]1O[C@H]1C[C@H]1CO[C@@H](Cc2nnc(-c3cccnc3)o2)[C@H](O)[C@@H]1O)[C@H](C)O. The molecule has 2 aliphatic rings. The minimum Gasteiger partial charge on any atom is -0.421 e. The molecule has 8 atom stereocenters. The van der Waals surface area contributed by atoms with Crippen molar-refractivity contribution in [2.75, 3.05) is 6.61 Å². The summed E-state index contributed by atoms with van der Waals surface area (Å²) in [6, 6.07) is 3.59. The monoisotopic (exact) mass is 405 g/mol. The fourth-order valence-corrected chi connectivity index (χ4v) is 3.83. The first kappa shape index (κ1) is 20.4. The first-order chi connectivity index (χ1) is 13.9. The zero-order chi connectivity index (χ0) is 20.5. The standard InChI is InChI=1S/C20H27N3O6/c1-10(11(2)24)19-15(28-19)6-13-9-27-14(18(26)17(13)25)7-16-22-23-20(29-16)12-4-3-5-21-8-12/h3-5,8,10-11,13-15,17-19,24-26H,6-7,9H2,1-2H3/t10-,11-,13-,14-,15-,17+,18-,19-/m0/s1. The third kappa shape index (κ3) is 4.49. The van der Waals surface area contributed by atoms with E-state index in [2.05, 4.69) is 15.2 Å². The Morgan fingerprint density at radius 2 is 2.00 bits per heavy atom. The summed E-state index contributed by atoms with van der Waals surface area (Å²) in [7, 11) is 0. The molecule has 0 aliphatic carbocycles. The molecule has 9 heteroatoms. The van der Waals surface area contributed by atoms with Crippen LogP contribution >= 0.6 is 0 Å². The van der Waals surface area contributed by atoms with Gasteiger partial charge >= 0.3 is 0 Å². The minimum absolute atomic E-state index is 0.0126. The molecule has 2 saturated heterocycles. The van der Waals surface area contributed by atoms with Gasteiger partial charge in [-0.3, -0.25) is 4.98 Å². The van der Waals surface area contributed by atoms with Gasteiger partial charge in [-0.25, -0.2) is 0 Å². The van der Waals surface area contributed by atoms with Gasteiger partial charge in [-0.15, -0.1) is 10.2 Å². The molecule has 2 fully saturated rings. The van der Waals surface area contributed by atoms with Crippen LogP contribution in [0.4, 0.5) is 0 Å². The van der Waals surface area contributed by atoms with Crippen LogP contribution in [0.25, 0.3) is 11.5 Å². The number of epoxide rings is 1. The van der Waals surface area contributed by atoms with E-state index in [0.717, 1.165) is 0 Å². The van der Waals surface area contributed by atoms with Crippen molar-refractivity contribution in [1.82, 2.24) is 15.2 Å².